The Labute approximate surface area is 133 Å². The van der Waals surface area contributed by atoms with Crippen molar-refractivity contribution < 1.29 is 4.79 Å². The van der Waals surface area contributed by atoms with Gasteiger partial charge >= 0.3 is 0 Å². The van der Waals surface area contributed by atoms with Gasteiger partial charge in [-0.2, -0.15) is 5.10 Å². The van der Waals surface area contributed by atoms with Gasteiger partial charge in [0.05, 0.1) is 12.2 Å². The van der Waals surface area contributed by atoms with E-state index in [2.05, 4.69) is 39.4 Å². The summed E-state index contributed by atoms with van der Waals surface area (Å²) in [7, 11) is 4.21. The van der Waals surface area contributed by atoms with E-state index in [1.807, 2.05) is 13.8 Å². The Morgan fingerprint density at radius 3 is 2.82 bits per heavy atom. The molecule has 1 aliphatic rings. The monoisotopic (exact) mass is 307 g/mol. The fraction of sp³-hybridized carbons (Fsp3) is 0.750. The average molecular weight is 307 g/mol. The van der Waals surface area contributed by atoms with Crippen LogP contribution in [0, 0.1) is 13.8 Å². The molecule has 1 unspecified atom stereocenters. The van der Waals surface area contributed by atoms with Crippen LogP contribution in [0.25, 0.3) is 0 Å². The number of aromatic nitrogens is 2. The van der Waals surface area contributed by atoms with E-state index in [9.17, 15) is 4.79 Å². The van der Waals surface area contributed by atoms with Crippen molar-refractivity contribution in [2.75, 3.05) is 40.3 Å². The van der Waals surface area contributed by atoms with Crippen LogP contribution in [-0.2, 0) is 11.2 Å². The molecule has 0 saturated carbocycles. The zero-order valence-corrected chi connectivity index (χ0v) is 14.3. The number of likely N-dealkylation sites (tertiary alicyclic amines) is 1. The normalized spacial score (nSPS) is 19.0. The van der Waals surface area contributed by atoms with Crippen molar-refractivity contribution in [1.82, 2.24) is 25.3 Å². The molecule has 0 bridgehead atoms. The second-order valence-corrected chi connectivity index (χ2v) is 6.51. The van der Waals surface area contributed by atoms with Gasteiger partial charge in [-0.3, -0.25) is 14.8 Å². The Balaban J connectivity index is 1.62. The number of nitrogens with one attached hydrogen (secondary N) is 2. The molecule has 6 nitrogen and oxygen atoms in total. The van der Waals surface area contributed by atoms with Gasteiger partial charge in [0, 0.05) is 31.4 Å². The van der Waals surface area contributed by atoms with Crippen LogP contribution >= 0.6 is 0 Å². The molecule has 1 aromatic heterocycles. The third kappa shape index (κ3) is 4.55. The van der Waals surface area contributed by atoms with Crippen molar-refractivity contribution in [1.29, 1.82) is 0 Å². The van der Waals surface area contributed by atoms with E-state index in [1.54, 1.807) is 0 Å². The van der Waals surface area contributed by atoms with Gasteiger partial charge < -0.3 is 10.2 Å². The maximum absolute atomic E-state index is 12.0. The second-order valence-electron chi connectivity index (χ2n) is 6.51. The molecule has 6 heteroatoms. The van der Waals surface area contributed by atoms with Gasteiger partial charge in [0.15, 0.2) is 0 Å². The smallest absolute Gasteiger partial charge is 0.234 e. The predicted molar refractivity (Wildman–Crippen MR) is 87.9 cm³/mol. The topological polar surface area (TPSA) is 64.3 Å². The van der Waals surface area contributed by atoms with Crippen LogP contribution in [-0.4, -0.2) is 72.2 Å². The van der Waals surface area contributed by atoms with E-state index in [-0.39, 0.29) is 5.91 Å². The first-order valence-electron chi connectivity index (χ1n) is 8.13. The summed E-state index contributed by atoms with van der Waals surface area (Å²) in [5.41, 5.74) is 3.48. The molecule has 1 fully saturated rings. The summed E-state index contributed by atoms with van der Waals surface area (Å²) in [5.74, 6) is 0.139. The lowest BCUT2D eigenvalue weighted by Gasteiger charge is -2.20. The molecule has 1 atom stereocenters. The fourth-order valence-corrected chi connectivity index (χ4v) is 3.07. The summed E-state index contributed by atoms with van der Waals surface area (Å²) < 4.78 is 0. The van der Waals surface area contributed by atoms with E-state index in [4.69, 9.17) is 0 Å². The highest BCUT2D eigenvalue weighted by Gasteiger charge is 2.24. The van der Waals surface area contributed by atoms with Crippen LogP contribution in [0.1, 0.15) is 29.8 Å². The Morgan fingerprint density at radius 2 is 2.23 bits per heavy atom. The van der Waals surface area contributed by atoms with Gasteiger partial charge in [0.25, 0.3) is 0 Å². The molecule has 1 aliphatic heterocycles. The molecule has 0 aromatic carbocycles. The highest BCUT2D eigenvalue weighted by Crippen LogP contribution is 2.13. The third-order valence-electron chi connectivity index (χ3n) is 4.55. The number of carbonyl (C=O) groups excluding carboxylic acids is 1. The standard InChI is InChI=1S/C16H29N5O/c1-12-15(13(2)19-18-12)6-5-8-17-16(22)11-21-9-7-14(10-21)20(3)4/h14H,5-11H2,1-4H3,(H,17,22)(H,18,19). The molecule has 1 aromatic rings. The van der Waals surface area contributed by atoms with E-state index in [1.165, 1.54) is 5.56 Å². The largest absolute Gasteiger partial charge is 0.355 e. The first-order valence-corrected chi connectivity index (χ1v) is 8.13. The van der Waals surface area contributed by atoms with Gasteiger partial charge in [-0.25, -0.2) is 0 Å². The summed E-state index contributed by atoms with van der Waals surface area (Å²) in [5, 5.41) is 10.2. The molecule has 1 saturated heterocycles. The van der Waals surface area contributed by atoms with Crippen LogP contribution in [0.3, 0.4) is 0 Å². The molecule has 2 heterocycles. The fourth-order valence-electron chi connectivity index (χ4n) is 3.07. The molecule has 0 aliphatic carbocycles. The minimum Gasteiger partial charge on any atom is -0.355 e. The zero-order valence-electron chi connectivity index (χ0n) is 14.3. The molecule has 2 N–H and O–H groups in total. The maximum atomic E-state index is 12.0. The van der Waals surface area contributed by atoms with Gasteiger partial charge in [-0.15, -0.1) is 0 Å². The van der Waals surface area contributed by atoms with Gasteiger partial charge in [0.2, 0.25) is 5.91 Å². The molecule has 2 rings (SSSR count). The first kappa shape index (κ1) is 17.0. The molecule has 1 amide bonds. The maximum Gasteiger partial charge on any atom is 0.234 e. The van der Waals surface area contributed by atoms with E-state index >= 15 is 0 Å². The highest BCUT2D eigenvalue weighted by atomic mass is 16.2. The molecule has 0 radical (unpaired) electrons. The lowest BCUT2D eigenvalue weighted by Crippen LogP contribution is -2.38. The number of nitrogens with zero attached hydrogens (tertiary/aromatic N) is 3. The number of hydrogen-bond donors (Lipinski definition) is 2. The van der Waals surface area contributed by atoms with E-state index in [0.29, 0.717) is 12.6 Å². The third-order valence-corrected chi connectivity index (χ3v) is 4.55. The van der Waals surface area contributed by atoms with Crippen LogP contribution in [0.4, 0.5) is 0 Å². The molecular weight excluding hydrogens is 278 g/mol. The number of hydrogen-bond acceptors (Lipinski definition) is 4. The van der Waals surface area contributed by atoms with Crippen LogP contribution in [0.2, 0.25) is 0 Å². The molecule has 124 valence electrons. The lowest BCUT2D eigenvalue weighted by atomic mass is 10.1. The molecule has 22 heavy (non-hydrogen) atoms. The first-order chi connectivity index (χ1) is 10.5. The average Bonchev–Trinajstić information content (AvgIpc) is 3.04. The SMILES string of the molecule is Cc1n[nH]c(C)c1CCCNC(=O)CN1CCC(N(C)C)C1. The van der Waals surface area contributed by atoms with Gasteiger partial charge in [0.1, 0.15) is 0 Å². The van der Waals surface area contributed by atoms with Gasteiger partial charge in [-0.05, 0) is 52.8 Å². The number of aryl methyl sites for hydroxylation is 2. The highest BCUT2D eigenvalue weighted by molar-refractivity contribution is 5.78. The van der Waals surface area contributed by atoms with Crippen molar-refractivity contribution in [2.45, 2.75) is 39.2 Å². The summed E-state index contributed by atoms with van der Waals surface area (Å²) >= 11 is 0. The van der Waals surface area contributed by atoms with Crippen LogP contribution in [0.5, 0.6) is 0 Å². The van der Waals surface area contributed by atoms with Crippen molar-refractivity contribution in [2.24, 2.45) is 0 Å². The summed E-state index contributed by atoms with van der Waals surface area (Å²) in [4.78, 5) is 16.5. The Hall–Kier alpha value is -1.40. The number of amides is 1. The van der Waals surface area contributed by atoms with Crippen LogP contribution in [0.15, 0.2) is 0 Å². The summed E-state index contributed by atoms with van der Waals surface area (Å²) in [6.07, 6.45) is 3.06. The molecular formula is C16H29N5O. The Bertz CT molecular complexity index is 477. The van der Waals surface area contributed by atoms with Gasteiger partial charge in [-0.1, -0.05) is 0 Å². The van der Waals surface area contributed by atoms with Crippen LogP contribution < -0.4 is 5.32 Å². The quantitative estimate of drug-likeness (QED) is 0.728. The van der Waals surface area contributed by atoms with E-state index in [0.717, 1.165) is 50.3 Å². The minimum atomic E-state index is 0.139. The molecule has 0 spiro atoms. The lowest BCUT2D eigenvalue weighted by molar-refractivity contribution is -0.122. The van der Waals surface area contributed by atoms with E-state index < -0.39 is 0 Å². The van der Waals surface area contributed by atoms with Crippen molar-refractivity contribution in [3.8, 4) is 0 Å². The number of carbonyl (C=O) groups is 1. The minimum absolute atomic E-state index is 0.139. The number of likely N-dealkylation sites (N-methyl/N-ethyl adjacent to an activating group) is 1. The summed E-state index contributed by atoms with van der Waals surface area (Å²) in [6, 6.07) is 0.583. The summed E-state index contributed by atoms with van der Waals surface area (Å²) in [6.45, 7) is 7.33. The van der Waals surface area contributed by atoms with Crippen molar-refractivity contribution in [3.63, 3.8) is 0 Å². The van der Waals surface area contributed by atoms with Crippen molar-refractivity contribution >= 4 is 5.91 Å². The predicted octanol–water partition coefficient (Wildman–Crippen LogP) is 0.711. The Morgan fingerprint density at radius 1 is 1.45 bits per heavy atom. The second kappa shape index (κ2) is 7.74. The number of rotatable bonds is 7. The van der Waals surface area contributed by atoms with Crippen molar-refractivity contribution in [3.05, 3.63) is 17.0 Å². The number of H-pyrrole nitrogens is 1. The Kier molecular flexibility index (Phi) is 5.97. The number of aromatic amines is 1. The zero-order chi connectivity index (χ0) is 16.1.